The molecule has 2 nitrogen and oxygen atoms in total. The van der Waals surface area contributed by atoms with E-state index in [0.717, 1.165) is 12.5 Å². The quantitative estimate of drug-likeness (QED) is 0.720. The van der Waals surface area contributed by atoms with Crippen molar-refractivity contribution in [1.29, 1.82) is 0 Å². The zero-order valence-corrected chi connectivity index (χ0v) is 11.5. The van der Waals surface area contributed by atoms with E-state index in [1.165, 1.54) is 38.5 Å². The number of nitrogens with one attached hydrogen (secondary N) is 1. The average molecular weight is 227 g/mol. The minimum Gasteiger partial charge on any atom is -0.374 e. The van der Waals surface area contributed by atoms with Gasteiger partial charge in [0.25, 0.3) is 0 Å². The lowest BCUT2D eigenvalue weighted by Crippen LogP contribution is -2.50. The molecule has 0 aromatic rings. The second kappa shape index (κ2) is 6.61. The molecule has 1 N–H and O–H groups in total. The molecule has 16 heavy (non-hydrogen) atoms. The van der Waals surface area contributed by atoms with E-state index >= 15 is 0 Å². The maximum absolute atomic E-state index is 6.13. The van der Waals surface area contributed by atoms with Crippen LogP contribution >= 0.6 is 0 Å². The van der Waals surface area contributed by atoms with Crippen LogP contribution in [0.25, 0.3) is 0 Å². The summed E-state index contributed by atoms with van der Waals surface area (Å²) in [5.41, 5.74) is 0.132. The van der Waals surface area contributed by atoms with Crippen molar-refractivity contribution in [2.75, 3.05) is 13.7 Å². The van der Waals surface area contributed by atoms with Crippen LogP contribution in [0.5, 0.6) is 0 Å². The monoisotopic (exact) mass is 227 g/mol. The molecule has 2 atom stereocenters. The Morgan fingerprint density at radius 3 is 2.31 bits per heavy atom. The fourth-order valence-corrected chi connectivity index (χ4v) is 3.02. The van der Waals surface area contributed by atoms with Gasteiger partial charge in [0, 0.05) is 12.6 Å². The van der Waals surface area contributed by atoms with Crippen molar-refractivity contribution >= 4 is 0 Å². The van der Waals surface area contributed by atoms with E-state index in [4.69, 9.17) is 4.74 Å². The van der Waals surface area contributed by atoms with Crippen molar-refractivity contribution in [2.45, 2.75) is 70.9 Å². The van der Waals surface area contributed by atoms with Crippen LogP contribution in [-0.4, -0.2) is 25.3 Å². The van der Waals surface area contributed by atoms with E-state index in [2.05, 4.69) is 33.1 Å². The van der Waals surface area contributed by atoms with E-state index in [0.29, 0.717) is 6.04 Å². The van der Waals surface area contributed by atoms with Crippen molar-refractivity contribution in [2.24, 2.45) is 5.92 Å². The summed E-state index contributed by atoms with van der Waals surface area (Å²) in [4.78, 5) is 0. The van der Waals surface area contributed by atoms with Gasteiger partial charge in [0.1, 0.15) is 0 Å². The fourth-order valence-electron chi connectivity index (χ4n) is 3.02. The van der Waals surface area contributed by atoms with Crippen LogP contribution in [0.15, 0.2) is 0 Å². The number of hydrogen-bond acceptors (Lipinski definition) is 2. The minimum atomic E-state index is 0.132. The summed E-state index contributed by atoms with van der Waals surface area (Å²) in [6, 6.07) is 0.532. The number of hydrogen-bond donors (Lipinski definition) is 1. The average Bonchev–Trinajstić information content (AvgIpc) is 2.75. The Kier molecular flexibility index (Phi) is 5.77. The summed E-state index contributed by atoms with van der Waals surface area (Å²) in [6.07, 6.45) is 7.65. The maximum atomic E-state index is 6.13. The molecular formula is C14H29NO. The van der Waals surface area contributed by atoms with E-state index in [1.807, 2.05) is 0 Å². The topological polar surface area (TPSA) is 21.3 Å². The number of likely N-dealkylation sites (N-methyl/N-ethyl adjacent to an activating group) is 1. The van der Waals surface area contributed by atoms with Gasteiger partial charge in [-0.15, -0.1) is 0 Å². The highest BCUT2D eigenvalue weighted by atomic mass is 16.5. The van der Waals surface area contributed by atoms with Crippen LogP contribution in [0.1, 0.15) is 59.3 Å². The minimum absolute atomic E-state index is 0.132. The molecule has 0 spiro atoms. The van der Waals surface area contributed by atoms with Crippen LogP contribution in [0.4, 0.5) is 0 Å². The van der Waals surface area contributed by atoms with Gasteiger partial charge in [-0.3, -0.25) is 0 Å². The first-order valence-electron chi connectivity index (χ1n) is 6.99. The van der Waals surface area contributed by atoms with Crippen LogP contribution in [0, 0.1) is 5.92 Å². The van der Waals surface area contributed by atoms with Gasteiger partial charge < -0.3 is 10.1 Å². The maximum Gasteiger partial charge on any atom is 0.0834 e. The molecule has 0 aliphatic heterocycles. The predicted octanol–water partition coefficient (Wildman–Crippen LogP) is 3.36. The smallest absolute Gasteiger partial charge is 0.0834 e. The van der Waals surface area contributed by atoms with Gasteiger partial charge in [-0.25, -0.2) is 0 Å². The molecular weight excluding hydrogens is 198 g/mol. The van der Waals surface area contributed by atoms with Crippen molar-refractivity contribution in [3.63, 3.8) is 0 Å². The first-order valence-corrected chi connectivity index (χ1v) is 6.99. The molecule has 1 aliphatic carbocycles. The first-order chi connectivity index (χ1) is 7.68. The summed E-state index contributed by atoms with van der Waals surface area (Å²) in [5, 5.41) is 3.51. The second-order valence-corrected chi connectivity index (χ2v) is 5.30. The molecule has 1 aliphatic rings. The van der Waals surface area contributed by atoms with Crippen LogP contribution < -0.4 is 5.32 Å². The van der Waals surface area contributed by atoms with Gasteiger partial charge in [-0.1, -0.05) is 33.1 Å². The van der Waals surface area contributed by atoms with Crippen LogP contribution in [-0.2, 0) is 4.74 Å². The zero-order chi connectivity index (χ0) is 12.0. The lowest BCUT2D eigenvalue weighted by atomic mass is 9.85. The molecule has 1 fully saturated rings. The molecule has 1 rings (SSSR count). The number of ether oxygens (including phenoxy) is 1. The van der Waals surface area contributed by atoms with Gasteiger partial charge in [-0.2, -0.15) is 0 Å². The summed E-state index contributed by atoms with van der Waals surface area (Å²) >= 11 is 0. The summed E-state index contributed by atoms with van der Waals surface area (Å²) in [5.74, 6) is 0.787. The molecule has 0 saturated heterocycles. The third kappa shape index (κ3) is 3.21. The van der Waals surface area contributed by atoms with Crippen molar-refractivity contribution in [3.8, 4) is 0 Å². The Labute approximate surface area is 101 Å². The normalized spacial score (nSPS) is 23.2. The van der Waals surface area contributed by atoms with Gasteiger partial charge in [-0.05, 0) is 39.2 Å². The molecule has 0 bridgehead atoms. The van der Waals surface area contributed by atoms with E-state index in [9.17, 15) is 0 Å². The Hall–Kier alpha value is -0.0800. The fraction of sp³-hybridized carbons (Fsp3) is 1.00. The van der Waals surface area contributed by atoms with Crippen molar-refractivity contribution in [1.82, 2.24) is 5.32 Å². The van der Waals surface area contributed by atoms with E-state index in [-0.39, 0.29) is 5.60 Å². The highest BCUT2D eigenvalue weighted by Gasteiger charge is 2.41. The summed E-state index contributed by atoms with van der Waals surface area (Å²) in [6.45, 7) is 7.59. The largest absolute Gasteiger partial charge is 0.374 e. The Morgan fingerprint density at radius 2 is 1.88 bits per heavy atom. The predicted molar refractivity (Wildman–Crippen MR) is 69.7 cm³/mol. The molecule has 0 aromatic carbocycles. The van der Waals surface area contributed by atoms with Gasteiger partial charge in [0.15, 0.2) is 0 Å². The molecule has 2 unspecified atom stereocenters. The molecule has 0 amide bonds. The first kappa shape index (κ1) is 14.0. The van der Waals surface area contributed by atoms with E-state index < -0.39 is 0 Å². The van der Waals surface area contributed by atoms with Crippen molar-refractivity contribution < 1.29 is 4.74 Å². The summed E-state index contributed by atoms with van der Waals surface area (Å²) < 4.78 is 6.13. The Morgan fingerprint density at radius 1 is 1.25 bits per heavy atom. The van der Waals surface area contributed by atoms with Gasteiger partial charge in [0.2, 0.25) is 0 Å². The lowest BCUT2D eigenvalue weighted by Gasteiger charge is -2.38. The second-order valence-electron chi connectivity index (χ2n) is 5.30. The van der Waals surface area contributed by atoms with E-state index in [1.54, 1.807) is 0 Å². The number of rotatable bonds is 7. The molecule has 96 valence electrons. The Balaban J connectivity index is 2.65. The molecule has 1 saturated carbocycles. The zero-order valence-electron chi connectivity index (χ0n) is 11.5. The molecule has 2 heteroatoms. The highest BCUT2D eigenvalue weighted by Crippen LogP contribution is 2.38. The molecule has 0 heterocycles. The highest BCUT2D eigenvalue weighted by molar-refractivity contribution is 4.97. The standard InChI is InChI=1S/C14H29NO/c1-5-12(3)11-13(15-4)14(16-6-2)9-7-8-10-14/h12-13,15H,5-11H2,1-4H3. The Bertz CT molecular complexity index is 187. The molecule has 0 aromatic heterocycles. The van der Waals surface area contributed by atoms with Crippen LogP contribution in [0.2, 0.25) is 0 Å². The van der Waals surface area contributed by atoms with Crippen molar-refractivity contribution in [3.05, 3.63) is 0 Å². The lowest BCUT2D eigenvalue weighted by molar-refractivity contribution is -0.0644. The van der Waals surface area contributed by atoms with Gasteiger partial charge >= 0.3 is 0 Å². The third-order valence-electron chi connectivity index (χ3n) is 4.20. The van der Waals surface area contributed by atoms with Crippen LogP contribution in [0.3, 0.4) is 0 Å². The third-order valence-corrected chi connectivity index (χ3v) is 4.20. The SMILES string of the molecule is CCOC1(C(CC(C)CC)NC)CCCC1. The summed E-state index contributed by atoms with van der Waals surface area (Å²) in [7, 11) is 2.09. The van der Waals surface area contributed by atoms with Gasteiger partial charge in [0.05, 0.1) is 5.60 Å². The molecule has 0 radical (unpaired) electrons.